The van der Waals surface area contributed by atoms with Crippen molar-refractivity contribution in [1.29, 1.82) is 0 Å². The molecule has 8 heteroatoms. The highest BCUT2D eigenvalue weighted by Gasteiger charge is 2.19. The molecule has 1 aromatic heterocycles. The minimum Gasteiger partial charge on any atom is -0.480 e. The Hall–Kier alpha value is -3.21. The van der Waals surface area contributed by atoms with Gasteiger partial charge in [0.1, 0.15) is 6.04 Å². The molecule has 0 bridgehead atoms. The van der Waals surface area contributed by atoms with E-state index in [-0.39, 0.29) is 6.42 Å². The SMILES string of the molecule is C#CCC(NC(=O)c1ccc(-c2nn[nH]n2)cc1)C(=O)O. The Bertz CT molecular complexity index is 673. The van der Waals surface area contributed by atoms with Gasteiger partial charge < -0.3 is 10.4 Å². The van der Waals surface area contributed by atoms with Gasteiger partial charge in [0, 0.05) is 17.5 Å². The third-order valence-corrected chi connectivity index (χ3v) is 2.68. The van der Waals surface area contributed by atoms with Crippen molar-refractivity contribution in [3.05, 3.63) is 29.8 Å². The van der Waals surface area contributed by atoms with Gasteiger partial charge in [-0.1, -0.05) is 12.1 Å². The summed E-state index contributed by atoms with van der Waals surface area (Å²) in [6.45, 7) is 0. The number of amides is 1. The molecule has 1 unspecified atom stereocenters. The highest BCUT2D eigenvalue weighted by Crippen LogP contribution is 2.14. The molecule has 0 fully saturated rings. The molecule has 106 valence electrons. The predicted octanol–water partition coefficient (Wildman–Crippen LogP) is 0.0730. The summed E-state index contributed by atoms with van der Waals surface area (Å²) in [4.78, 5) is 22.9. The minimum absolute atomic E-state index is 0.0813. The van der Waals surface area contributed by atoms with Crippen molar-refractivity contribution in [1.82, 2.24) is 25.9 Å². The zero-order chi connectivity index (χ0) is 15.2. The first kappa shape index (κ1) is 14.2. The Morgan fingerprint density at radius 3 is 2.62 bits per heavy atom. The number of terminal acetylenes is 1. The molecule has 0 saturated carbocycles. The highest BCUT2D eigenvalue weighted by molar-refractivity contribution is 5.96. The van der Waals surface area contributed by atoms with E-state index >= 15 is 0 Å². The lowest BCUT2D eigenvalue weighted by molar-refractivity contribution is -0.139. The van der Waals surface area contributed by atoms with Crippen LogP contribution in [0.3, 0.4) is 0 Å². The number of nitrogens with zero attached hydrogens (tertiary/aromatic N) is 3. The van der Waals surface area contributed by atoms with Crippen molar-refractivity contribution in [3.63, 3.8) is 0 Å². The monoisotopic (exact) mass is 285 g/mol. The van der Waals surface area contributed by atoms with Crippen molar-refractivity contribution in [2.24, 2.45) is 0 Å². The molecule has 2 rings (SSSR count). The molecule has 0 aliphatic heterocycles. The number of aliphatic carboxylic acids is 1. The number of benzene rings is 1. The van der Waals surface area contributed by atoms with Crippen LogP contribution in [0.4, 0.5) is 0 Å². The number of rotatable bonds is 5. The zero-order valence-electron chi connectivity index (χ0n) is 10.8. The summed E-state index contributed by atoms with van der Waals surface area (Å²) in [5.74, 6) is 0.919. The summed E-state index contributed by atoms with van der Waals surface area (Å²) in [6, 6.07) is 5.23. The van der Waals surface area contributed by atoms with E-state index in [1.807, 2.05) is 0 Å². The Kier molecular flexibility index (Phi) is 4.26. The van der Waals surface area contributed by atoms with Crippen molar-refractivity contribution in [2.75, 3.05) is 0 Å². The fourth-order valence-corrected chi connectivity index (χ4v) is 1.61. The average Bonchev–Trinajstić information content (AvgIpc) is 3.01. The second-order valence-electron chi connectivity index (χ2n) is 4.09. The topological polar surface area (TPSA) is 121 Å². The number of hydrogen-bond acceptors (Lipinski definition) is 5. The Labute approximate surface area is 119 Å². The number of H-pyrrole nitrogens is 1. The van der Waals surface area contributed by atoms with Gasteiger partial charge in [0.2, 0.25) is 5.82 Å². The first-order valence-electron chi connectivity index (χ1n) is 5.93. The number of carboxylic acid groups (broad SMARTS) is 1. The van der Waals surface area contributed by atoms with Gasteiger partial charge in [-0.2, -0.15) is 5.21 Å². The third-order valence-electron chi connectivity index (χ3n) is 2.68. The number of aromatic nitrogens is 4. The Morgan fingerprint density at radius 1 is 1.38 bits per heavy atom. The second-order valence-corrected chi connectivity index (χ2v) is 4.09. The number of carboxylic acids is 1. The van der Waals surface area contributed by atoms with Gasteiger partial charge in [-0.3, -0.25) is 4.79 Å². The maximum absolute atomic E-state index is 11.9. The van der Waals surface area contributed by atoms with Crippen LogP contribution in [-0.4, -0.2) is 43.6 Å². The fraction of sp³-hybridized carbons (Fsp3) is 0.154. The lowest BCUT2D eigenvalue weighted by Crippen LogP contribution is -2.40. The summed E-state index contributed by atoms with van der Waals surface area (Å²) in [7, 11) is 0. The Morgan fingerprint density at radius 2 is 2.10 bits per heavy atom. The summed E-state index contributed by atoms with van der Waals surface area (Å²) < 4.78 is 0. The molecule has 0 aliphatic rings. The first-order chi connectivity index (χ1) is 10.1. The number of nitrogens with one attached hydrogen (secondary N) is 2. The number of aromatic amines is 1. The van der Waals surface area contributed by atoms with E-state index in [0.29, 0.717) is 17.0 Å². The van der Waals surface area contributed by atoms with E-state index in [4.69, 9.17) is 11.5 Å². The average molecular weight is 285 g/mol. The van der Waals surface area contributed by atoms with Crippen LogP contribution in [-0.2, 0) is 4.79 Å². The molecule has 8 nitrogen and oxygen atoms in total. The minimum atomic E-state index is -1.18. The van der Waals surface area contributed by atoms with Gasteiger partial charge >= 0.3 is 5.97 Å². The van der Waals surface area contributed by atoms with Gasteiger partial charge in [-0.15, -0.1) is 22.5 Å². The molecule has 0 radical (unpaired) electrons. The van der Waals surface area contributed by atoms with Crippen LogP contribution < -0.4 is 5.32 Å². The van der Waals surface area contributed by atoms with Gasteiger partial charge in [0.15, 0.2) is 0 Å². The van der Waals surface area contributed by atoms with E-state index in [9.17, 15) is 9.59 Å². The van der Waals surface area contributed by atoms with Gasteiger partial charge in [-0.05, 0) is 17.3 Å². The van der Waals surface area contributed by atoms with Crippen LogP contribution in [0.2, 0.25) is 0 Å². The van der Waals surface area contributed by atoms with E-state index in [1.165, 1.54) is 12.1 Å². The third kappa shape index (κ3) is 3.42. The molecule has 1 heterocycles. The molecule has 2 aromatic rings. The molecule has 21 heavy (non-hydrogen) atoms. The zero-order valence-corrected chi connectivity index (χ0v) is 10.8. The lowest BCUT2D eigenvalue weighted by Gasteiger charge is -2.11. The lowest BCUT2D eigenvalue weighted by atomic mass is 10.1. The highest BCUT2D eigenvalue weighted by atomic mass is 16.4. The first-order valence-corrected chi connectivity index (χ1v) is 5.93. The number of tetrazole rings is 1. The molecule has 0 spiro atoms. The molecule has 1 amide bonds. The van der Waals surface area contributed by atoms with Crippen LogP contribution >= 0.6 is 0 Å². The largest absolute Gasteiger partial charge is 0.480 e. The molecule has 1 aromatic carbocycles. The molecule has 0 saturated heterocycles. The fourth-order valence-electron chi connectivity index (χ4n) is 1.61. The molecular weight excluding hydrogens is 274 g/mol. The number of carbonyl (C=O) groups is 2. The van der Waals surface area contributed by atoms with Gasteiger partial charge in [0.05, 0.1) is 0 Å². The van der Waals surface area contributed by atoms with E-state index in [1.54, 1.807) is 12.1 Å². The summed E-state index contributed by atoms with van der Waals surface area (Å²) in [5.41, 5.74) is 0.990. The van der Waals surface area contributed by atoms with Crippen LogP contribution in [0.15, 0.2) is 24.3 Å². The van der Waals surface area contributed by atoms with Crippen LogP contribution in [0, 0.1) is 12.3 Å². The van der Waals surface area contributed by atoms with Crippen LogP contribution in [0.5, 0.6) is 0 Å². The standard InChI is InChI=1S/C13H11N5O3/c1-2-3-10(13(20)21)14-12(19)9-6-4-8(5-7-9)11-15-17-18-16-11/h1,4-7,10H,3H2,(H,14,19)(H,20,21)(H,15,16,17,18). The summed E-state index contributed by atoms with van der Waals surface area (Å²) in [5, 5.41) is 24.7. The maximum Gasteiger partial charge on any atom is 0.327 e. The van der Waals surface area contributed by atoms with E-state index in [2.05, 4.69) is 31.9 Å². The Balaban J connectivity index is 2.10. The molecule has 3 N–H and O–H groups in total. The molecule has 0 aliphatic carbocycles. The summed E-state index contributed by atoms with van der Waals surface area (Å²) >= 11 is 0. The molecule has 1 atom stereocenters. The van der Waals surface area contributed by atoms with Crippen molar-refractivity contribution in [2.45, 2.75) is 12.5 Å². The molecular formula is C13H11N5O3. The maximum atomic E-state index is 11.9. The quantitative estimate of drug-likeness (QED) is 0.669. The van der Waals surface area contributed by atoms with Crippen LogP contribution in [0.1, 0.15) is 16.8 Å². The van der Waals surface area contributed by atoms with Gasteiger partial charge in [0.25, 0.3) is 5.91 Å². The number of hydrogen-bond donors (Lipinski definition) is 3. The number of carbonyl (C=O) groups excluding carboxylic acids is 1. The van der Waals surface area contributed by atoms with E-state index in [0.717, 1.165) is 0 Å². The summed E-state index contributed by atoms with van der Waals surface area (Å²) in [6.07, 6.45) is 4.99. The van der Waals surface area contributed by atoms with E-state index < -0.39 is 17.9 Å². The predicted molar refractivity (Wildman–Crippen MR) is 72.0 cm³/mol. The van der Waals surface area contributed by atoms with Crippen LogP contribution in [0.25, 0.3) is 11.4 Å². The second kappa shape index (κ2) is 6.29. The van der Waals surface area contributed by atoms with Crippen molar-refractivity contribution in [3.8, 4) is 23.7 Å². The smallest absolute Gasteiger partial charge is 0.327 e. The normalized spacial score (nSPS) is 11.4. The van der Waals surface area contributed by atoms with Crippen molar-refractivity contribution < 1.29 is 14.7 Å². The van der Waals surface area contributed by atoms with Crippen molar-refractivity contribution >= 4 is 11.9 Å². The van der Waals surface area contributed by atoms with Gasteiger partial charge in [-0.25, -0.2) is 4.79 Å².